The number of hydrogen-bond acceptors (Lipinski definition) is 7. The second-order valence-electron chi connectivity index (χ2n) is 6.44. The molecule has 1 fully saturated rings. The van der Waals surface area contributed by atoms with Gasteiger partial charge in [-0.1, -0.05) is 23.4 Å². The first kappa shape index (κ1) is 17.4. The van der Waals surface area contributed by atoms with Gasteiger partial charge in [0.15, 0.2) is 0 Å². The van der Waals surface area contributed by atoms with E-state index in [4.69, 9.17) is 19.7 Å². The van der Waals surface area contributed by atoms with Crippen LogP contribution in [0.3, 0.4) is 0 Å². The van der Waals surface area contributed by atoms with Gasteiger partial charge in [0, 0.05) is 13.1 Å². The van der Waals surface area contributed by atoms with E-state index in [2.05, 4.69) is 33.2 Å². The number of amides is 1. The maximum Gasteiger partial charge on any atom is 0.290 e. The van der Waals surface area contributed by atoms with Crippen LogP contribution in [0.5, 0.6) is 5.75 Å². The smallest absolute Gasteiger partial charge is 0.290 e. The summed E-state index contributed by atoms with van der Waals surface area (Å²) in [5.41, 5.74) is 6.27. The monoisotopic (exact) mass is 368 g/mol. The summed E-state index contributed by atoms with van der Waals surface area (Å²) in [4.78, 5) is 17.3. The van der Waals surface area contributed by atoms with Gasteiger partial charge in [-0.2, -0.15) is 4.98 Å². The molecule has 2 aromatic carbocycles. The molecule has 0 saturated carbocycles. The van der Waals surface area contributed by atoms with Gasteiger partial charge in [0.25, 0.3) is 11.7 Å². The van der Waals surface area contributed by atoms with Gasteiger partial charge in [-0.05, 0) is 34.5 Å². The number of aromatic nitrogens is 2. The largest absolute Gasteiger partial charge is 0.497 e. The molecule has 0 radical (unpaired) electrons. The summed E-state index contributed by atoms with van der Waals surface area (Å²) in [5, 5.41) is 5.83. The molecule has 0 bridgehead atoms. The van der Waals surface area contributed by atoms with E-state index in [9.17, 15) is 4.79 Å². The molecule has 1 aliphatic heterocycles. The molecule has 2 heterocycles. The zero-order chi connectivity index (χ0) is 18.8. The van der Waals surface area contributed by atoms with E-state index in [1.807, 2.05) is 18.2 Å². The first-order valence-corrected chi connectivity index (χ1v) is 8.66. The van der Waals surface area contributed by atoms with Crippen LogP contribution in [0.2, 0.25) is 0 Å². The highest BCUT2D eigenvalue weighted by Crippen LogP contribution is 2.28. The minimum absolute atomic E-state index is 0.0521. The number of primary amides is 1. The Morgan fingerprint density at radius 1 is 1.30 bits per heavy atom. The molecular weight excluding hydrogens is 348 g/mol. The highest BCUT2D eigenvalue weighted by atomic mass is 16.5. The molecule has 27 heavy (non-hydrogen) atoms. The van der Waals surface area contributed by atoms with Crippen LogP contribution in [0, 0.1) is 0 Å². The van der Waals surface area contributed by atoms with Gasteiger partial charge < -0.3 is 19.7 Å². The van der Waals surface area contributed by atoms with E-state index < -0.39 is 5.91 Å². The van der Waals surface area contributed by atoms with Gasteiger partial charge >= 0.3 is 0 Å². The Morgan fingerprint density at radius 2 is 2.11 bits per heavy atom. The highest BCUT2D eigenvalue weighted by molar-refractivity contribution is 5.88. The molecule has 0 aliphatic carbocycles. The lowest BCUT2D eigenvalue weighted by Crippen LogP contribution is -2.37. The molecule has 1 aliphatic rings. The molecule has 8 nitrogen and oxygen atoms in total. The topological polar surface area (TPSA) is 104 Å². The van der Waals surface area contributed by atoms with Gasteiger partial charge in [0.2, 0.25) is 5.89 Å². The molecule has 1 saturated heterocycles. The summed E-state index contributed by atoms with van der Waals surface area (Å²) in [7, 11) is 1.66. The fourth-order valence-electron chi connectivity index (χ4n) is 3.23. The maximum absolute atomic E-state index is 11.1. The van der Waals surface area contributed by atoms with Crippen molar-refractivity contribution >= 4 is 16.7 Å². The van der Waals surface area contributed by atoms with Crippen molar-refractivity contribution in [2.24, 2.45) is 5.73 Å². The zero-order valence-corrected chi connectivity index (χ0v) is 14.9. The third-order valence-electron chi connectivity index (χ3n) is 4.64. The van der Waals surface area contributed by atoms with Crippen molar-refractivity contribution in [1.29, 1.82) is 0 Å². The molecule has 3 aromatic rings. The summed E-state index contributed by atoms with van der Waals surface area (Å²) in [6, 6.07) is 12.3. The Bertz CT molecular complexity index is 971. The van der Waals surface area contributed by atoms with E-state index >= 15 is 0 Å². The van der Waals surface area contributed by atoms with Gasteiger partial charge in [0.1, 0.15) is 5.75 Å². The fraction of sp³-hybridized carbons (Fsp3) is 0.316. The molecule has 1 aromatic heterocycles. The molecule has 2 N–H and O–H groups in total. The van der Waals surface area contributed by atoms with Crippen molar-refractivity contribution in [1.82, 2.24) is 15.0 Å². The summed E-state index contributed by atoms with van der Waals surface area (Å²) in [5.74, 6) is 0.415. The second kappa shape index (κ2) is 7.34. The maximum atomic E-state index is 11.1. The third-order valence-corrected chi connectivity index (χ3v) is 4.64. The van der Waals surface area contributed by atoms with Crippen molar-refractivity contribution in [3.05, 3.63) is 53.7 Å². The lowest BCUT2D eigenvalue weighted by molar-refractivity contribution is -0.0355. The Balaban J connectivity index is 1.48. The van der Waals surface area contributed by atoms with Gasteiger partial charge in [-0.3, -0.25) is 9.69 Å². The SMILES string of the molecule is COc1ccc2cc(C3CN(Cc4nc(C(N)=O)no4)CCO3)ccc2c1. The van der Waals surface area contributed by atoms with Crippen molar-refractivity contribution in [2.75, 3.05) is 26.8 Å². The normalized spacial score (nSPS) is 17.9. The highest BCUT2D eigenvalue weighted by Gasteiger charge is 2.24. The van der Waals surface area contributed by atoms with Gasteiger partial charge in [-0.25, -0.2) is 0 Å². The molecule has 4 rings (SSSR count). The summed E-state index contributed by atoms with van der Waals surface area (Å²) in [6.45, 7) is 2.48. The van der Waals surface area contributed by atoms with Crippen molar-refractivity contribution in [3.63, 3.8) is 0 Å². The van der Waals surface area contributed by atoms with Gasteiger partial charge in [0.05, 0.1) is 26.4 Å². The first-order chi connectivity index (χ1) is 13.1. The predicted molar refractivity (Wildman–Crippen MR) is 97.3 cm³/mol. The molecule has 1 unspecified atom stereocenters. The quantitative estimate of drug-likeness (QED) is 0.733. The summed E-state index contributed by atoms with van der Waals surface area (Å²) < 4.78 is 16.3. The standard InChI is InChI=1S/C19H20N4O4/c1-25-15-5-4-12-8-14(3-2-13(12)9-15)16-10-23(6-7-26-16)11-17-21-19(18(20)24)22-27-17/h2-5,8-9,16H,6-7,10-11H2,1H3,(H2,20,24). The van der Waals surface area contributed by atoms with E-state index in [-0.39, 0.29) is 11.9 Å². The number of rotatable bonds is 5. The lowest BCUT2D eigenvalue weighted by atomic mass is 10.0. The van der Waals surface area contributed by atoms with E-state index in [1.165, 1.54) is 0 Å². The molecule has 1 atom stereocenters. The third kappa shape index (κ3) is 3.76. The minimum Gasteiger partial charge on any atom is -0.497 e. The van der Waals surface area contributed by atoms with Crippen LogP contribution in [0.1, 0.15) is 28.2 Å². The van der Waals surface area contributed by atoms with Crippen molar-refractivity contribution in [3.8, 4) is 5.75 Å². The average molecular weight is 368 g/mol. The number of carbonyl (C=O) groups excluding carboxylic acids is 1. The van der Waals surface area contributed by atoms with Crippen LogP contribution >= 0.6 is 0 Å². The van der Waals surface area contributed by atoms with Gasteiger partial charge in [-0.15, -0.1) is 0 Å². The number of benzene rings is 2. The number of hydrogen-bond donors (Lipinski definition) is 1. The number of carbonyl (C=O) groups is 1. The second-order valence-corrected chi connectivity index (χ2v) is 6.44. The summed E-state index contributed by atoms with van der Waals surface area (Å²) >= 11 is 0. The van der Waals surface area contributed by atoms with Crippen LogP contribution in [0.15, 0.2) is 40.9 Å². The number of nitrogens with zero attached hydrogens (tertiary/aromatic N) is 3. The van der Waals surface area contributed by atoms with E-state index in [0.29, 0.717) is 25.6 Å². The zero-order valence-electron chi connectivity index (χ0n) is 14.9. The van der Waals surface area contributed by atoms with E-state index in [1.54, 1.807) is 7.11 Å². The van der Waals surface area contributed by atoms with Crippen LogP contribution in [-0.2, 0) is 11.3 Å². The molecule has 1 amide bonds. The number of morpholine rings is 1. The number of ether oxygens (including phenoxy) is 2. The van der Waals surface area contributed by atoms with Crippen LogP contribution in [0.25, 0.3) is 10.8 Å². The van der Waals surface area contributed by atoms with Crippen LogP contribution in [0.4, 0.5) is 0 Å². The fourth-order valence-corrected chi connectivity index (χ4v) is 3.23. The minimum atomic E-state index is -0.697. The number of fused-ring (bicyclic) bond motifs is 1. The van der Waals surface area contributed by atoms with E-state index in [0.717, 1.165) is 28.6 Å². The number of methoxy groups -OCH3 is 1. The molecule has 8 heteroatoms. The Morgan fingerprint density at radius 3 is 2.89 bits per heavy atom. The predicted octanol–water partition coefficient (Wildman–Crippen LogP) is 1.90. The van der Waals surface area contributed by atoms with Crippen LogP contribution in [-0.4, -0.2) is 47.8 Å². The first-order valence-electron chi connectivity index (χ1n) is 8.66. The summed E-state index contributed by atoms with van der Waals surface area (Å²) in [6.07, 6.45) is -0.0521. The Hall–Kier alpha value is -2.97. The molecule has 140 valence electrons. The Labute approximate surface area is 155 Å². The van der Waals surface area contributed by atoms with Crippen molar-refractivity contribution in [2.45, 2.75) is 12.6 Å². The van der Waals surface area contributed by atoms with Crippen LogP contribution < -0.4 is 10.5 Å². The average Bonchev–Trinajstić information content (AvgIpc) is 3.16. The Kier molecular flexibility index (Phi) is 4.74. The number of nitrogens with two attached hydrogens (primary N) is 1. The molecular formula is C19H20N4O4. The van der Waals surface area contributed by atoms with Crippen molar-refractivity contribution < 1.29 is 18.8 Å². The molecule has 0 spiro atoms. The lowest BCUT2D eigenvalue weighted by Gasteiger charge is -2.32.